The lowest BCUT2D eigenvalue weighted by atomic mass is 10.1. The van der Waals surface area contributed by atoms with Gasteiger partial charge in [-0.15, -0.1) is 0 Å². The summed E-state index contributed by atoms with van der Waals surface area (Å²) in [7, 11) is -4.64. The zero-order valence-electron chi connectivity index (χ0n) is 41.7. The van der Waals surface area contributed by atoms with Crippen molar-refractivity contribution < 1.29 is 42.7 Å². The molecule has 3 unspecified atom stereocenters. The van der Waals surface area contributed by atoms with E-state index in [0.717, 1.165) is 128 Å². The van der Waals surface area contributed by atoms with Crippen molar-refractivity contribution in [3.05, 3.63) is 122 Å². The number of ether oxygens (including phenoxy) is 2. The Morgan fingerprint density at radius 1 is 0.478 bits per heavy atom. The molecule has 0 bridgehead atoms. The Morgan fingerprint density at radius 3 is 1.22 bits per heavy atom. The van der Waals surface area contributed by atoms with Gasteiger partial charge in [-0.2, -0.15) is 0 Å². The molecule has 0 aromatic heterocycles. The second kappa shape index (κ2) is 50.3. The van der Waals surface area contributed by atoms with Crippen LogP contribution in [0.2, 0.25) is 0 Å². The number of carboxylic acids is 1. The summed E-state index contributed by atoms with van der Waals surface area (Å²) < 4.78 is 33.5. The van der Waals surface area contributed by atoms with E-state index < -0.39 is 45.1 Å². The van der Waals surface area contributed by atoms with Crippen molar-refractivity contribution in [3.8, 4) is 0 Å². The molecule has 3 atom stereocenters. The molecule has 0 amide bonds. The molecule has 380 valence electrons. The molecule has 0 spiro atoms. The number of phosphoric acid groups is 1. The van der Waals surface area contributed by atoms with Crippen molar-refractivity contribution in [3.63, 3.8) is 0 Å². The average molecular weight is 954 g/mol. The maximum absolute atomic E-state index is 12.7. The first-order valence-electron chi connectivity index (χ1n) is 25.6. The number of hydrogen-bond donors (Lipinski definition) is 3. The van der Waals surface area contributed by atoms with E-state index in [2.05, 4.69) is 135 Å². The van der Waals surface area contributed by atoms with Crippen LogP contribution in [-0.4, -0.2) is 60.5 Å². The van der Waals surface area contributed by atoms with Gasteiger partial charge in [0.25, 0.3) is 0 Å². The topological polar surface area (TPSA) is 155 Å². The number of carboxylic acid groups (broad SMARTS) is 1. The molecular formula is C56H92NO9P. The minimum absolute atomic E-state index is 0.00859. The van der Waals surface area contributed by atoms with Crippen LogP contribution in [-0.2, 0) is 32.7 Å². The number of esters is 1. The third kappa shape index (κ3) is 50.1. The average Bonchev–Trinajstić information content (AvgIpc) is 3.31. The van der Waals surface area contributed by atoms with Crippen LogP contribution < -0.4 is 5.73 Å². The van der Waals surface area contributed by atoms with Gasteiger partial charge in [0, 0.05) is 13.0 Å². The van der Waals surface area contributed by atoms with Crippen molar-refractivity contribution in [2.24, 2.45) is 5.73 Å². The quantitative estimate of drug-likeness (QED) is 0.0232. The SMILES string of the molecule is CC/C=C\C/C=C\C/C=C\C/C=C\C/C=C\C/C=C\CCCCCCCOCC(COP(=O)(O)OCC(N)C(=O)O)OC(=O)CCCCCCCCCC/C=C\C/C=C\C/C=C\C/C=C\CC. The highest BCUT2D eigenvalue weighted by Crippen LogP contribution is 2.43. The van der Waals surface area contributed by atoms with Gasteiger partial charge < -0.3 is 25.2 Å². The Hall–Kier alpha value is -3.63. The first kappa shape index (κ1) is 63.4. The van der Waals surface area contributed by atoms with Crippen molar-refractivity contribution in [2.45, 2.75) is 193 Å². The van der Waals surface area contributed by atoms with Crippen molar-refractivity contribution in [1.82, 2.24) is 0 Å². The van der Waals surface area contributed by atoms with Gasteiger partial charge in [0.1, 0.15) is 12.1 Å². The Balaban J connectivity index is 4.25. The highest BCUT2D eigenvalue weighted by Gasteiger charge is 2.27. The van der Waals surface area contributed by atoms with Crippen molar-refractivity contribution in [1.29, 1.82) is 0 Å². The summed E-state index contributed by atoms with van der Waals surface area (Å²) in [4.78, 5) is 33.7. The summed E-state index contributed by atoms with van der Waals surface area (Å²) in [5.41, 5.74) is 5.37. The Labute approximate surface area is 407 Å². The van der Waals surface area contributed by atoms with Gasteiger partial charge in [-0.05, 0) is 103 Å². The molecule has 0 radical (unpaired) electrons. The molecule has 0 fully saturated rings. The molecule has 0 heterocycles. The Kier molecular flexibility index (Phi) is 47.5. The van der Waals surface area contributed by atoms with Crippen molar-refractivity contribution in [2.75, 3.05) is 26.4 Å². The molecule has 0 aliphatic rings. The van der Waals surface area contributed by atoms with Gasteiger partial charge >= 0.3 is 19.8 Å². The largest absolute Gasteiger partial charge is 0.480 e. The van der Waals surface area contributed by atoms with Gasteiger partial charge in [0.15, 0.2) is 0 Å². The number of allylic oxidation sites excluding steroid dienone is 20. The molecule has 0 saturated heterocycles. The Bertz CT molecular complexity index is 1520. The fraction of sp³-hybridized carbons (Fsp3) is 0.607. The lowest BCUT2D eigenvalue weighted by molar-refractivity contribution is -0.154. The van der Waals surface area contributed by atoms with Gasteiger partial charge in [-0.25, -0.2) is 4.57 Å². The number of phosphoric ester groups is 1. The first-order chi connectivity index (χ1) is 32.7. The highest BCUT2D eigenvalue weighted by molar-refractivity contribution is 7.47. The van der Waals surface area contributed by atoms with Crippen LogP contribution in [0.25, 0.3) is 0 Å². The summed E-state index contributed by atoms with van der Waals surface area (Å²) in [5.74, 6) is -1.81. The molecule has 0 aromatic rings. The van der Waals surface area contributed by atoms with Crippen LogP contribution >= 0.6 is 7.82 Å². The number of rotatable bonds is 47. The molecule has 0 rings (SSSR count). The third-order valence-corrected chi connectivity index (χ3v) is 11.2. The first-order valence-corrected chi connectivity index (χ1v) is 27.1. The molecule has 11 heteroatoms. The molecular weight excluding hydrogens is 862 g/mol. The van der Waals surface area contributed by atoms with Crippen molar-refractivity contribution >= 4 is 19.8 Å². The number of carbonyl (C=O) groups is 2. The molecule has 0 saturated carbocycles. The van der Waals surface area contributed by atoms with E-state index >= 15 is 0 Å². The molecule has 0 aromatic carbocycles. The number of unbranched alkanes of at least 4 members (excludes halogenated alkanes) is 13. The van der Waals surface area contributed by atoms with E-state index in [1.807, 2.05) is 0 Å². The van der Waals surface area contributed by atoms with Crippen LogP contribution in [0.4, 0.5) is 0 Å². The number of carbonyl (C=O) groups excluding carboxylic acids is 1. The van der Waals surface area contributed by atoms with Crippen LogP contribution in [0.1, 0.15) is 181 Å². The summed E-state index contributed by atoms with van der Waals surface area (Å²) in [6, 6.07) is -1.49. The molecule has 0 aliphatic heterocycles. The zero-order chi connectivity index (χ0) is 49.0. The summed E-state index contributed by atoms with van der Waals surface area (Å²) >= 11 is 0. The molecule has 10 nitrogen and oxygen atoms in total. The second-order valence-corrected chi connectivity index (χ2v) is 18.0. The van der Waals surface area contributed by atoms with Crippen LogP contribution in [0.15, 0.2) is 122 Å². The van der Waals surface area contributed by atoms with E-state index in [4.69, 9.17) is 29.4 Å². The number of hydrogen-bond acceptors (Lipinski definition) is 8. The number of aliphatic carboxylic acids is 1. The maximum atomic E-state index is 12.7. The van der Waals surface area contributed by atoms with Gasteiger partial charge in [0.05, 0.1) is 19.8 Å². The summed E-state index contributed by atoms with van der Waals surface area (Å²) in [6.45, 7) is 3.58. The van der Waals surface area contributed by atoms with Gasteiger partial charge in [0.2, 0.25) is 0 Å². The summed E-state index contributed by atoms with van der Waals surface area (Å²) in [5, 5.41) is 8.94. The minimum atomic E-state index is -4.64. The van der Waals surface area contributed by atoms with Gasteiger partial charge in [-0.3, -0.25) is 18.6 Å². The van der Waals surface area contributed by atoms with Crippen LogP contribution in [0.3, 0.4) is 0 Å². The standard InChI is InChI=1S/C56H92NO9P/c1-3-5-7-9-11-13-15-17-19-21-23-25-26-27-29-31-33-35-37-39-41-43-45-47-49-63-50-53(51-64-67(61,62)65-52-54(57)56(59)60)66-55(58)48-46-44-42-40-38-36-34-32-30-28-24-22-20-18-16-14-12-10-8-6-4-2/h5-8,11-14,17-20,23-25,27-29,33,35,53-54H,3-4,9-10,15-16,21-22,26,30-32,34,36-52,57H2,1-2H3,(H,59,60)(H,61,62)/b7-5-,8-6-,13-11-,14-12-,19-17-,20-18-,25-23-,28-24-,29-27-,35-33-. The predicted molar refractivity (Wildman–Crippen MR) is 281 cm³/mol. The summed E-state index contributed by atoms with van der Waals surface area (Å²) in [6.07, 6.45) is 69.6. The van der Waals surface area contributed by atoms with Gasteiger partial charge in [-0.1, -0.05) is 193 Å². The smallest absolute Gasteiger partial charge is 0.472 e. The Morgan fingerprint density at radius 2 is 0.821 bits per heavy atom. The lowest BCUT2D eigenvalue weighted by Crippen LogP contribution is -2.34. The second-order valence-electron chi connectivity index (χ2n) is 16.5. The fourth-order valence-corrected chi connectivity index (χ4v) is 7.14. The number of nitrogens with two attached hydrogens (primary N) is 1. The zero-order valence-corrected chi connectivity index (χ0v) is 42.6. The molecule has 0 aliphatic carbocycles. The van der Waals surface area contributed by atoms with E-state index in [1.54, 1.807) is 0 Å². The molecule has 67 heavy (non-hydrogen) atoms. The van der Waals surface area contributed by atoms with Crippen LogP contribution in [0.5, 0.6) is 0 Å². The third-order valence-electron chi connectivity index (χ3n) is 10.2. The minimum Gasteiger partial charge on any atom is -0.480 e. The fourth-order valence-electron chi connectivity index (χ4n) is 6.36. The van der Waals surface area contributed by atoms with E-state index in [9.17, 15) is 19.0 Å². The van der Waals surface area contributed by atoms with E-state index in [1.165, 1.54) is 25.7 Å². The highest BCUT2D eigenvalue weighted by atomic mass is 31.2. The predicted octanol–water partition coefficient (Wildman–Crippen LogP) is 15.2. The lowest BCUT2D eigenvalue weighted by Gasteiger charge is -2.20. The maximum Gasteiger partial charge on any atom is 0.472 e. The van der Waals surface area contributed by atoms with E-state index in [-0.39, 0.29) is 13.0 Å². The molecule has 4 N–H and O–H groups in total. The monoisotopic (exact) mass is 954 g/mol. The van der Waals surface area contributed by atoms with Crippen LogP contribution in [0, 0.1) is 0 Å². The normalized spacial score (nSPS) is 14.7. The van der Waals surface area contributed by atoms with E-state index in [0.29, 0.717) is 13.0 Å².